The molecule has 214 valence electrons. The molecule has 4 aromatic rings. The summed E-state index contributed by atoms with van der Waals surface area (Å²) in [6.45, 7) is 2.21. The van der Waals surface area contributed by atoms with Crippen molar-refractivity contribution in [2.24, 2.45) is 13.0 Å². The maximum atomic E-state index is 12.8. The number of aryl methyl sites for hydroxylation is 1. The highest BCUT2D eigenvalue weighted by Gasteiger charge is 2.46. The van der Waals surface area contributed by atoms with Gasteiger partial charge in [0.05, 0.1) is 25.9 Å². The van der Waals surface area contributed by atoms with Gasteiger partial charge in [-0.2, -0.15) is 0 Å². The molecule has 5 unspecified atom stereocenters. The highest BCUT2D eigenvalue weighted by Crippen LogP contribution is 2.41. The van der Waals surface area contributed by atoms with Crippen molar-refractivity contribution in [1.82, 2.24) is 9.88 Å². The topological polar surface area (TPSA) is 85.8 Å². The van der Waals surface area contributed by atoms with Crippen LogP contribution >= 0.6 is 0 Å². The third kappa shape index (κ3) is 6.11. The van der Waals surface area contributed by atoms with Crippen molar-refractivity contribution < 1.29 is 28.7 Å². The number of carbonyl (C=O) groups is 1. The largest absolute Gasteiger partial charge is 0.390 e. The lowest BCUT2D eigenvalue weighted by molar-refractivity contribution is -0.671. The van der Waals surface area contributed by atoms with Gasteiger partial charge >= 0.3 is 0 Å². The SMILES string of the molecule is COC1OC(COC(c2ccccc2)(c2ccccc2)c2ccccc2)C(C)C(O)C1NC(=O)Cn1cc[n+](C)c1. The number of amides is 1. The fraction of sp³-hybridized carbons (Fsp3) is 0.333. The molecule has 8 nitrogen and oxygen atoms in total. The Morgan fingerprint density at radius 1 is 0.976 bits per heavy atom. The number of nitrogens with zero attached hydrogens (tertiary/aromatic N) is 2. The van der Waals surface area contributed by atoms with Gasteiger partial charge in [-0.25, -0.2) is 9.13 Å². The van der Waals surface area contributed by atoms with Crippen LogP contribution in [0.5, 0.6) is 0 Å². The number of hydrogen-bond donors (Lipinski definition) is 2. The zero-order valence-corrected chi connectivity index (χ0v) is 23.7. The van der Waals surface area contributed by atoms with Crippen LogP contribution < -0.4 is 9.88 Å². The van der Waals surface area contributed by atoms with Gasteiger partial charge in [-0.05, 0) is 16.7 Å². The van der Waals surface area contributed by atoms with Crippen LogP contribution in [0, 0.1) is 5.92 Å². The lowest BCUT2D eigenvalue weighted by atomic mass is 9.80. The Morgan fingerprint density at radius 3 is 1.98 bits per heavy atom. The molecule has 5 atom stereocenters. The van der Waals surface area contributed by atoms with E-state index >= 15 is 0 Å². The van der Waals surface area contributed by atoms with Crippen LogP contribution in [0.4, 0.5) is 0 Å². The van der Waals surface area contributed by atoms with E-state index in [9.17, 15) is 9.90 Å². The standard InChI is InChI=1S/C33H37N3O5/c1-24-28(41-32(39-3)30(31(24)38)34-29(37)21-36-20-19-35(2)23-36)22-40-33(25-13-7-4-8-14-25,26-15-9-5-10-16-26)27-17-11-6-12-18-27/h4-20,23-24,28,30-32,38H,21-22H2,1-3H3/p+1. The van der Waals surface area contributed by atoms with Gasteiger partial charge in [0, 0.05) is 13.0 Å². The summed E-state index contributed by atoms with van der Waals surface area (Å²) < 4.78 is 22.6. The monoisotopic (exact) mass is 556 g/mol. The molecule has 0 aliphatic carbocycles. The van der Waals surface area contributed by atoms with E-state index < -0.39 is 30.1 Å². The van der Waals surface area contributed by atoms with Gasteiger partial charge in [0.1, 0.15) is 24.0 Å². The lowest BCUT2D eigenvalue weighted by Gasteiger charge is -2.44. The summed E-state index contributed by atoms with van der Waals surface area (Å²) in [5.41, 5.74) is 2.02. The van der Waals surface area contributed by atoms with E-state index in [1.165, 1.54) is 7.11 Å². The van der Waals surface area contributed by atoms with Gasteiger partial charge in [0.25, 0.3) is 5.91 Å². The van der Waals surface area contributed by atoms with Crippen molar-refractivity contribution in [3.63, 3.8) is 0 Å². The third-order valence-corrected chi connectivity index (χ3v) is 7.81. The van der Waals surface area contributed by atoms with E-state index in [1.54, 1.807) is 4.57 Å². The zero-order chi connectivity index (χ0) is 28.8. The second-order valence-electron chi connectivity index (χ2n) is 10.6. The highest BCUT2D eigenvalue weighted by atomic mass is 16.7. The number of rotatable bonds is 10. The number of aliphatic hydroxyl groups is 1. The van der Waals surface area contributed by atoms with Crippen LogP contribution in [0.15, 0.2) is 110 Å². The van der Waals surface area contributed by atoms with Crippen LogP contribution in [-0.4, -0.2) is 53.8 Å². The van der Waals surface area contributed by atoms with Gasteiger partial charge in [-0.3, -0.25) is 4.79 Å². The molecule has 1 saturated heterocycles. The van der Waals surface area contributed by atoms with Gasteiger partial charge in [0.2, 0.25) is 6.33 Å². The first-order valence-corrected chi connectivity index (χ1v) is 13.9. The second-order valence-corrected chi connectivity index (χ2v) is 10.6. The number of imidazole rings is 1. The first-order chi connectivity index (χ1) is 19.9. The summed E-state index contributed by atoms with van der Waals surface area (Å²) in [5.74, 6) is -0.592. The predicted octanol–water partition coefficient (Wildman–Crippen LogP) is 3.17. The Hall–Kier alpha value is -3.82. The van der Waals surface area contributed by atoms with Crippen LogP contribution in [0.3, 0.4) is 0 Å². The van der Waals surface area contributed by atoms with Gasteiger partial charge in [0.15, 0.2) is 12.8 Å². The minimum atomic E-state index is -0.918. The summed E-state index contributed by atoms with van der Waals surface area (Å²) in [6.07, 6.45) is 3.23. The fourth-order valence-electron chi connectivity index (χ4n) is 5.60. The van der Waals surface area contributed by atoms with Crippen molar-refractivity contribution in [2.45, 2.75) is 43.6 Å². The number of carbonyl (C=O) groups excluding carboxylic acids is 1. The Balaban J connectivity index is 1.40. The van der Waals surface area contributed by atoms with E-state index in [0.29, 0.717) is 0 Å². The summed E-state index contributed by atoms with van der Waals surface area (Å²) >= 11 is 0. The summed E-state index contributed by atoms with van der Waals surface area (Å²) in [7, 11) is 3.40. The van der Waals surface area contributed by atoms with Crippen molar-refractivity contribution in [2.75, 3.05) is 13.7 Å². The number of nitrogens with one attached hydrogen (secondary N) is 1. The average molecular weight is 557 g/mol. The predicted molar refractivity (Wildman–Crippen MR) is 154 cm³/mol. The van der Waals surface area contributed by atoms with Crippen molar-refractivity contribution >= 4 is 5.91 Å². The average Bonchev–Trinajstić information content (AvgIpc) is 3.42. The molecule has 0 spiro atoms. The molecule has 0 bridgehead atoms. The molecule has 3 aromatic carbocycles. The van der Waals surface area contributed by atoms with Crippen LogP contribution in [0.1, 0.15) is 23.6 Å². The Bertz CT molecular complexity index is 1300. The number of aromatic nitrogens is 2. The maximum Gasteiger partial charge on any atom is 0.262 e. The van der Waals surface area contributed by atoms with E-state index in [0.717, 1.165) is 16.7 Å². The highest BCUT2D eigenvalue weighted by molar-refractivity contribution is 5.76. The van der Waals surface area contributed by atoms with E-state index in [1.807, 2.05) is 91.9 Å². The van der Waals surface area contributed by atoms with E-state index in [2.05, 4.69) is 41.7 Å². The Labute approximate surface area is 241 Å². The first kappa shape index (κ1) is 28.7. The van der Waals surface area contributed by atoms with E-state index in [-0.39, 0.29) is 25.0 Å². The molecule has 2 N–H and O–H groups in total. The Kier molecular flexibility index (Phi) is 8.95. The van der Waals surface area contributed by atoms with Crippen LogP contribution in [-0.2, 0) is 38.2 Å². The smallest absolute Gasteiger partial charge is 0.262 e. The van der Waals surface area contributed by atoms with Gasteiger partial charge < -0.3 is 24.6 Å². The lowest BCUT2D eigenvalue weighted by Crippen LogP contribution is -2.62. The normalized spacial score (nSPS) is 22.8. The molecule has 1 amide bonds. The number of ether oxygens (including phenoxy) is 3. The van der Waals surface area contributed by atoms with Crippen molar-refractivity contribution in [3.8, 4) is 0 Å². The first-order valence-electron chi connectivity index (χ1n) is 13.9. The molecular formula is C33H38N3O5+. The van der Waals surface area contributed by atoms with Crippen molar-refractivity contribution in [3.05, 3.63) is 126 Å². The van der Waals surface area contributed by atoms with Gasteiger partial charge in [-0.15, -0.1) is 0 Å². The molecule has 1 aliphatic heterocycles. The van der Waals surface area contributed by atoms with Gasteiger partial charge in [-0.1, -0.05) is 97.9 Å². The molecule has 1 aromatic heterocycles. The molecule has 5 rings (SSSR count). The minimum absolute atomic E-state index is 0.120. The summed E-state index contributed by atoms with van der Waals surface area (Å²) in [6, 6.07) is 29.6. The zero-order valence-electron chi connectivity index (χ0n) is 23.7. The van der Waals surface area contributed by atoms with Crippen LogP contribution in [0.2, 0.25) is 0 Å². The summed E-state index contributed by atoms with van der Waals surface area (Å²) in [4.78, 5) is 12.8. The molecule has 1 aliphatic rings. The molecule has 41 heavy (non-hydrogen) atoms. The van der Waals surface area contributed by atoms with Crippen molar-refractivity contribution in [1.29, 1.82) is 0 Å². The number of aliphatic hydroxyl groups excluding tert-OH is 1. The molecule has 1 fully saturated rings. The maximum absolute atomic E-state index is 12.8. The second kappa shape index (κ2) is 12.8. The summed E-state index contributed by atoms with van der Waals surface area (Å²) in [5, 5.41) is 14.3. The van der Waals surface area contributed by atoms with E-state index in [4.69, 9.17) is 14.2 Å². The number of benzene rings is 3. The number of methoxy groups -OCH3 is 1. The number of hydrogen-bond acceptors (Lipinski definition) is 5. The quantitative estimate of drug-likeness (QED) is 0.232. The fourth-order valence-corrected chi connectivity index (χ4v) is 5.60. The van der Waals surface area contributed by atoms with Crippen LogP contribution in [0.25, 0.3) is 0 Å². The molecular weight excluding hydrogens is 518 g/mol. The molecule has 0 radical (unpaired) electrons. The Morgan fingerprint density at radius 2 is 1.51 bits per heavy atom. The minimum Gasteiger partial charge on any atom is -0.390 e. The molecule has 8 heteroatoms. The molecule has 0 saturated carbocycles. The third-order valence-electron chi connectivity index (χ3n) is 7.81. The molecule has 2 heterocycles.